The molecule has 13 nitrogen and oxygen atoms in total. The fraction of sp³-hybridized carbons (Fsp3) is 1.00. The normalized spacial score (nSPS) is 59.9. The molecule has 3 aliphatic heterocycles. The molecule has 53 heavy (non-hydrogen) atoms. The van der Waals surface area contributed by atoms with Crippen molar-refractivity contribution in [3.8, 4) is 0 Å². The molecule has 8 rings (SSSR count). The predicted molar refractivity (Wildman–Crippen MR) is 188 cm³/mol. The van der Waals surface area contributed by atoms with Crippen molar-refractivity contribution < 1.29 is 64.5 Å². The molecule has 0 unspecified atom stereocenters. The number of hydrogen-bond acceptors (Lipinski definition) is 13. The number of ether oxygens (including phenoxy) is 5. The van der Waals surface area contributed by atoms with Gasteiger partial charge in [-0.2, -0.15) is 0 Å². The molecule has 8 N–H and O–H groups in total. The van der Waals surface area contributed by atoms with Crippen LogP contribution in [0.1, 0.15) is 106 Å². The van der Waals surface area contributed by atoms with Crippen LogP contribution in [0.5, 0.6) is 0 Å². The van der Waals surface area contributed by atoms with E-state index in [9.17, 15) is 40.9 Å². The maximum atomic E-state index is 12.2. The van der Waals surface area contributed by atoms with Crippen molar-refractivity contribution in [2.24, 2.45) is 44.8 Å². The molecule has 8 fully saturated rings. The average molecular weight is 755 g/mol. The van der Waals surface area contributed by atoms with Crippen LogP contribution in [-0.2, 0) is 23.7 Å². The first-order valence-corrected chi connectivity index (χ1v) is 20.3. The molecule has 3 saturated heterocycles. The summed E-state index contributed by atoms with van der Waals surface area (Å²) in [6, 6.07) is 0. The summed E-state index contributed by atoms with van der Waals surface area (Å²) in [6.07, 6.45) is -5.47. The molecule has 0 aromatic rings. The number of hydrogen-bond donors (Lipinski definition) is 8. The maximum Gasteiger partial charge on any atom is 0.186 e. The zero-order valence-electron chi connectivity index (χ0n) is 32.6. The van der Waals surface area contributed by atoms with Crippen LogP contribution in [-0.4, -0.2) is 139 Å². The summed E-state index contributed by atoms with van der Waals surface area (Å²) >= 11 is 0. The Labute approximate surface area is 313 Å². The second kappa shape index (κ2) is 12.5. The molecule has 0 aromatic heterocycles. The number of rotatable bonds is 5. The fourth-order valence-electron chi connectivity index (χ4n) is 14.7. The van der Waals surface area contributed by atoms with Crippen molar-refractivity contribution in [2.75, 3.05) is 13.2 Å². The summed E-state index contributed by atoms with van der Waals surface area (Å²) < 4.78 is 31.8. The van der Waals surface area contributed by atoms with Gasteiger partial charge in [0, 0.05) is 5.92 Å². The standard InChI is InChI=1S/C40H66O13/c1-34(2)25(52-33-29(48)27(46)21(43)17-50-33)9-11-40-18-39(40)13-12-36(5)30(38(7)10-8-24(44)35(3,4)53-38)19(41)15-37(36,6)23(39)14-22(31(34)40)51-32-28(47)26(45)20(42)16-49-32/h19-33,41-48H,8-18H2,1-7H3/t19-,20+,21+,22-,23-,24-,25-,26-,27-,28+,29+,30-,31-,32-,33-,36+,37-,38+,39-,40+/m0/s1. The van der Waals surface area contributed by atoms with Crippen LogP contribution < -0.4 is 0 Å². The van der Waals surface area contributed by atoms with Crippen LogP contribution in [0.15, 0.2) is 0 Å². The Morgan fingerprint density at radius 3 is 1.79 bits per heavy atom. The van der Waals surface area contributed by atoms with E-state index in [2.05, 4.69) is 34.6 Å². The van der Waals surface area contributed by atoms with Crippen molar-refractivity contribution in [1.29, 1.82) is 0 Å². The van der Waals surface area contributed by atoms with Crippen LogP contribution in [0.25, 0.3) is 0 Å². The van der Waals surface area contributed by atoms with Crippen LogP contribution >= 0.6 is 0 Å². The summed E-state index contributed by atoms with van der Waals surface area (Å²) in [4.78, 5) is 0. The fourth-order valence-corrected chi connectivity index (χ4v) is 14.7. The lowest BCUT2D eigenvalue weighted by molar-refractivity contribution is -0.326. The minimum absolute atomic E-state index is 0.0185. The Bertz CT molecular complexity index is 1410. The molecule has 5 aliphatic carbocycles. The zero-order chi connectivity index (χ0) is 38.5. The second-order valence-electron chi connectivity index (χ2n) is 20.6. The number of aliphatic hydroxyl groups excluding tert-OH is 8. The van der Waals surface area contributed by atoms with Crippen molar-refractivity contribution >= 4 is 0 Å². The maximum absolute atomic E-state index is 12.2. The summed E-state index contributed by atoms with van der Waals surface area (Å²) in [5, 5.41) is 86.4. The molecular formula is C40H66O13. The third-order valence-corrected chi connectivity index (χ3v) is 17.3. The summed E-state index contributed by atoms with van der Waals surface area (Å²) in [5.41, 5.74) is -2.66. The molecule has 0 bridgehead atoms. The van der Waals surface area contributed by atoms with Gasteiger partial charge in [0.1, 0.15) is 36.6 Å². The van der Waals surface area contributed by atoms with Crippen LogP contribution in [0.2, 0.25) is 0 Å². The van der Waals surface area contributed by atoms with E-state index in [4.69, 9.17) is 23.7 Å². The molecule has 0 amide bonds. The van der Waals surface area contributed by atoms with Gasteiger partial charge in [0.25, 0.3) is 0 Å². The van der Waals surface area contributed by atoms with Crippen molar-refractivity contribution in [3.63, 3.8) is 0 Å². The van der Waals surface area contributed by atoms with Gasteiger partial charge in [-0.05, 0) is 117 Å². The molecule has 0 aromatic carbocycles. The van der Waals surface area contributed by atoms with E-state index in [0.29, 0.717) is 32.1 Å². The van der Waals surface area contributed by atoms with E-state index < -0.39 is 90.2 Å². The lowest BCUT2D eigenvalue weighted by atomic mass is 9.41. The van der Waals surface area contributed by atoms with Gasteiger partial charge in [-0.3, -0.25) is 0 Å². The Hall–Kier alpha value is -0.520. The van der Waals surface area contributed by atoms with Crippen molar-refractivity contribution in [3.05, 3.63) is 0 Å². The zero-order valence-corrected chi connectivity index (χ0v) is 32.6. The molecule has 2 spiro atoms. The second-order valence-corrected chi connectivity index (χ2v) is 20.6. The predicted octanol–water partition coefficient (Wildman–Crippen LogP) is 1.36. The Balaban J connectivity index is 1.15. The third-order valence-electron chi connectivity index (χ3n) is 17.3. The lowest BCUT2D eigenvalue weighted by Crippen LogP contribution is -2.65. The topological polar surface area (TPSA) is 208 Å². The molecule has 0 radical (unpaired) electrons. The molecule has 5 saturated carbocycles. The Morgan fingerprint density at radius 1 is 0.585 bits per heavy atom. The highest BCUT2D eigenvalue weighted by Gasteiger charge is 2.85. The van der Waals surface area contributed by atoms with E-state index in [1.165, 1.54) is 0 Å². The minimum atomic E-state index is -1.45. The van der Waals surface area contributed by atoms with Crippen molar-refractivity contribution in [1.82, 2.24) is 0 Å². The third kappa shape index (κ3) is 5.35. The van der Waals surface area contributed by atoms with Gasteiger partial charge in [0.2, 0.25) is 0 Å². The number of aliphatic hydroxyl groups is 8. The molecule has 13 heteroatoms. The van der Waals surface area contributed by atoms with E-state index >= 15 is 0 Å². The van der Waals surface area contributed by atoms with Gasteiger partial charge in [0.15, 0.2) is 12.6 Å². The minimum Gasteiger partial charge on any atom is -0.393 e. The first-order valence-electron chi connectivity index (χ1n) is 20.3. The van der Waals surface area contributed by atoms with E-state index in [0.717, 1.165) is 25.7 Å². The van der Waals surface area contributed by atoms with Gasteiger partial charge in [-0.1, -0.05) is 27.7 Å². The van der Waals surface area contributed by atoms with Crippen LogP contribution in [0.3, 0.4) is 0 Å². The molecule has 8 aliphatic rings. The first-order chi connectivity index (χ1) is 24.6. The Morgan fingerprint density at radius 2 is 1.19 bits per heavy atom. The summed E-state index contributed by atoms with van der Waals surface area (Å²) in [6.45, 7) is 14.7. The summed E-state index contributed by atoms with van der Waals surface area (Å²) in [7, 11) is 0. The highest BCUT2D eigenvalue weighted by atomic mass is 16.7. The SMILES string of the molecule is CC1(C)O[C@@](C)([C@H]2[C@@H](O)C[C@@]3(C)[C@@H]4C[C@H](O[C@@H]5OC[C@@H](O)[C@H](O)[C@H]5O)[C@H]5C(C)(C)[C@@H](O[C@@H]6OC[C@@H](O)[C@H](O)[C@H]6O)CC[C@@]56C[C@@]46CC[C@]23C)CC[C@@H]1O. The molecule has 304 valence electrons. The van der Waals surface area contributed by atoms with Crippen molar-refractivity contribution in [2.45, 2.75) is 191 Å². The average Bonchev–Trinajstić information content (AvgIpc) is 3.67. The monoisotopic (exact) mass is 754 g/mol. The highest BCUT2D eigenvalue weighted by Crippen LogP contribution is 2.89. The van der Waals surface area contributed by atoms with Gasteiger partial charge < -0.3 is 64.5 Å². The van der Waals surface area contributed by atoms with E-state index in [-0.39, 0.29) is 52.6 Å². The van der Waals surface area contributed by atoms with Gasteiger partial charge in [-0.25, -0.2) is 0 Å². The van der Waals surface area contributed by atoms with Gasteiger partial charge in [0.05, 0.1) is 48.8 Å². The quantitative estimate of drug-likeness (QED) is 0.187. The summed E-state index contributed by atoms with van der Waals surface area (Å²) in [5.74, 6) is -0.0740. The van der Waals surface area contributed by atoms with Gasteiger partial charge >= 0.3 is 0 Å². The molecular weight excluding hydrogens is 688 g/mol. The van der Waals surface area contributed by atoms with Crippen LogP contribution in [0.4, 0.5) is 0 Å². The van der Waals surface area contributed by atoms with Crippen LogP contribution in [0, 0.1) is 44.8 Å². The molecule has 3 heterocycles. The lowest BCUT2D eigenvalue weighted by Gasteiger charge is -2.66. The van der Waals surface area contributed by atoms with E-state index in [1.54, 1.807) is 0 Å². The van der Waals surface area contributed by atoms with Gasteiger partial charge in [-0.15, -0.1) is 0 Å². The highest BCUT2D eigenvalue weighted by molar-refractivity contribution is 5.33. The Kier molecular flexibility index (Phi) is 9.27. The van der Waals surface area contributed by atoms with E-state index in [1.807, 2.05) is 13.8 Å². The smallest absolute Gasteiger partial charge is 0.186 e. The number of fused-ring (bicyclic) bond motifs is 2. The largest absolute Gasteiger partial charge is 0.393 e. The molecule has 20 atom stereocenters. The first kappa shape index (κ1) is 39.3.